The summed E-state index contributed by atoms with van der Waals surface area (Å²) in [5.41, 5.74) is 2.55. The van der Waals surface area contributed by atoms with Crippen molar-refractivity contribution in [3.8, 4) is 0 Å². The predicted molar refractivity (Wildman–Crippen MR) is 86.5 cm³/mol. The van der Waals surface area contributed by atoms with Gasteiger partial charge in [-0.1, -0.05) is 66.7 Å². The highest BCUT2D eigenvalue weighted by atomic mass is 16.5. The molecule has 0 bridgehead atoms. The molecule has 2 rings (SSSR count). The molecule has 2 aromatic carbocycles. The van der Waals surface area contributed by atoms with E-state index >= 15 is 0 Å². The average Bonchev–Trinajstić information content (AvgIpc) is 2.53. The molecule has 106 valence electrons. The van der Waals surface area contributed by atoms with E-state index in [1.54, 1.807) is 13.0 Å². The first kappa shape index (κ1) is 14.8. The van der Waals surface area contributed by atoms with Gasteiger partial charge in [-0.2, -0.15) is 0 Å². The van der Waals surface area contributed by atoms with Gasteiger partial charge in [0.15, 0.2) is 0 Å². The van der Waals surface area contributed by atoms with Gasteiger partial charge in [-0.3, -0.25) is 0 Å². The van der Waals surface area contributed by atoms with Crippen LogP contribution in [0.3, 0.4) is 0 Å². The van der Waals surface area contributed by atoms with Gasteiger partial charge in [0, 0.05) is 0 Å². The standard InChI is InChI=1S/C19H18O2/c1-2-21-19(20)18(15-17-11-7-4-8-12-17)14-13-16-9-5-3-6-10-16/h3-15H,2H2,1H3/b14-13-,18-15+/i13+1,15+1. The van der Waals surface area contributed by atoms with E-state index in [-0.39, 0.29) is 5.97 Å². The Labute approximate surface area is 125 Å². The van der Waals surface area contributed by atoms with Crippen LogP contribution in [0.15, 0.2) is 72.3 Å². The molecule has 0 aliphatic carbocycles. The molecular formula is C19H18O2. The van der Waals surface area contributed by atoms with Crippen LogP contribution >= 0.6 is 0 Å². The van der Waals surface area contributed by atoms with Crippen LogP contribution < -0.4 is 0 Å². The van der Waals surface area contributed by atoms with Crippen molar-refractivity contribution in [2.45, 2.75) is 6.92 Å². The molecule has 0 amide bonds. The Kier molecular flexibility index (Phi) is 5.53. The zero-order chi connectivity index (χ0) is 14.9. The largest absolute Gasteiger partial charge is 0.462 e. The summed E-state index contributed by atoms with van der Waals surface area (Å²) >= 11 is 0. The second-order valence-electron chi connectivity index (χ2n) is 4.47. The highest BCUT2D eigenvalue weighted by molar-refractivity contribution is 5.97. The van der Waals surface area contributed by atoms with Crippen molar-refractivity contribution in [2.75, 3.05) is 6.61 Å². The third kappa shape index (κ3) is 4.77. The molecule has 0 fully saturated rings. The van der Waals surface area contributed by atoms with Gasteiger partial charge in [-0.05, 0) is 30.2 Å². The Morgan fingerprint density at radius 1 is 0.952 bits per heavy atom. The zero-order valence-electron chi connectivity index (χ0n) is 12.0. The lowest BCUT2D eigenvalue weighted by atomic mass is 10.2. The van der Waals surface area contributed by atoms with Crippen LogP contribution in [-0.2, 0) is 9.53 Å². The summed E-state index contributed by atoms with van der Waals surface area (Å²) in [5.74, 6) is -0.312. The van der Waals surface area contributed by atoms with E-state index in [1.165, 1.54) is 0 Å². The maximum Gasteiger partial charge on any atom is 0.338 e. The Balaban J connectivity index is 2.26. The molecule has 0 radical (unpaired) electrons. The van der Waals surface area contributed by atoms with E-state index in [1.807, 2.05) is 72.8 Å². The minimum Gasteiger partial charge on any atom is -0.462 e. The SMILES string of the molecule is CCOC(=O)C(/C=[13CH]\c1ccccc1)=[13CH]/c1ccccc1. The highest BCUT2D eigenvalue weighted by Gasteiger charge is 2.07. The quantitative estimate of drug-likeness (QED) is 0.352. The first-order valence-corrected chi connectivity index (χ1v) is 6.96. The molecule has 0 aliphatic heterocycles. The van der Waals surface area contributed by atoms with Crippen molar-refractivity contribution in [1.29, 1.82) is 0 Å². The van der Waals surface area contributed by atoms with E-state index in [2.05, 4.69) is 0 Å². The van der Waals surface area contributed by atoms with Gasteiger partial charge >= 0.3 is 5.97 Å². The number of esters is 1. The van der Waals surface area contributed by atoms with Crippen LogP contribution in [0.2, 0.25) is 0 Å². The molecule has 0 saturated carbocycles. The lowest BCUT2D eigenvalue weighted by Gasteiger charge is -2.03. The van der Waals surface area contributed by atoms with E-state index < -0.39 is 0 Å². The number of hydrogen-bond donors (Lipinski definition) is 0. The normalized spacial score (nSPS) is 11.6. The van der Waals surface area contributed by atoms with E-state index in [0.29, 0.717) is 12.2 Å². The minimum absolute atomic E-state index is 0.312. The fraction of sp³-hybridized carbons (Fsp3) is 0.105. The van der Waals surface area contributed by atoms with Gasteiger partial charge in [0.25, 0.3) is 0 Å². The number of rotatable bonds is 5. The van der Waals surface area contributed by atoms with Gasteiger partial charge in [-0.25, -0.2) is 4.79 Å². The van der Waals surface area contributed by atoms with Gasteiger partial charge < -0.3 is 4.74 Å². The molecule has 0 saturated heterocycles. The molecule has 2 heteroatoms. The lowest BCUT2D eigenvalue weighted by molar-refractivity contribution is -0.138. The van der Waals surface area contributed by atoms with Crippen LogP contribution in [0, 0.1) is 0 Å². The first-order chi connectivity index (χ1) is 10.3. The Bertz CT molecular complexity index is 625. The van der Waals surface area contributed by atoms with Crippen molar-refractivity contribution < 1.29 is 9.53 Å². The summed E-state index contributed by atoms with van der Waals surface area (Å²) < 4.78 is 5.11. The second kappa shape index (κ2) is 7.85. The smallest absolute Gasteiger partial charge is 0.338 e. The fourth-order valence-electron chi connectivity index (χ4n) is 1.87. The zero-order valence-corrected chi connectivity index (χ0v) is 12.0. The summed E-state index contributed by atoms with van der Waals surface area (Å²) in [4.78, 5) is 12.0. The van der Waals surface area contributed by atoms with Crippen molar-refractivity contribution in [3.63, 3.8) is 0 Å². The molecule has 2 nitrogen and oxygen atoms in total. The van der Waals surface area contributed by atoms with Gasteiger partial charge in [-0.15, -0.1) is 0 Å². The topological polar surface area (TPSA) is 26.3 Å². The van der Waals surface area contributed by atoms with Crippen LogP contribution in [0.4, 0.5) is 0 Å². The average molecular weight is 280 g/mol. The predicted octanol–water partition coefficient (Wildman–Crippen LogP) is 4.35. The van der Waals surface area contributed by atoms with Gasteiger partial charge in [0.2, 0.25) is 0 Å². The van der Waals surface area contributed by atoms with Crippen LogP contribution in [0.25, 0.3) is 12.2 Å². The van der Waals surface area contributed by atoms with Crippen molar-refractivity contribution >= 4 is 18.1 Å². The maximum atomic E-state index is 12.0. The Morgan fingerprint density at radius 2 is 1.52 bits per heavy atom. The molecule has 0 N–H and O–H groups in total. The minimum atomic E-state index is -0.312. The lowest BCUT2D eigenvalue weighted by Crippen LogP contribution is -2.05. The third-order valence-electron chi connectivity index (χ3n) is 2.89. The molecule has 0 atom stereocenters. The molecule has 0 spiro atoms. The van der Waals surface area contributed by atoms with Crippen molar-refractivity contribution in [3.05, 3.63) is 83.4 Å². The summed E-state index contributed by atoms with van der Waals surface area (Å²) in [6.45, 7) is 2.17. The third-order valence-corrected chi connectivity index (χ3v) is 2.89. The van der Waals surface area contributed by atoms with E-state index in [4.69, 9.17) is 4.74 Å². The summed E-state index contributed by atoms with van der Waals surface area (Å²) in [7, 11) is 0. The number of carbonyl (C=O) groups excluding carboxylic acids is 1. The van der Waals surface area contributed by atoms with Crippen molar-refractivity contribution in [1.82, 2.24) is 0 Å². The van der Waals surface area contributed by atoms with Gasteiger partial charge in [0.05, 0.1) is 12.2 Å². The maximum absolute atomic E-state index is 12.0. The molecule has 2 aromatic rings. The van der Waals surface area contributed by atoms with Crippen LogP contribution in [0.5, 0.6) is 0 Å². The first-order valence-electron chi connectivity index (χ1n) is 6.96. The summed E-state index contributed by atoms with van der Waals surface area (Å²) in [6.07, 6.45) is 5.53. The van der Waals surface area contributed by atoms with Crippen LogP contribution in [0.1, 0.15) is 18.1 Å². The molecule has 0 aromatic heterocycles. The second-order valence-corrected chi connectivity index (χ2v) is 4.47. The Morgan fingerprint density at radius 3 is 2.10 bits per heavy atom. The summed E-state index contributed by atoms with van der Waals surface area (Å²) in [5, 5.41) is 0. The fourth-order valence-corrected chi connectivity index (χ4v) is 1.87. The number of benzene rings is 2. The monoisotopic (exact) mass is 280 g/mol. The molecule has 0 unspecified atom stereocenters. The number of ether oxygens (including phenoxy) is 1. The van der Waals surface area contributed by atoms with E-state index in [9.17, 15) is 4.79 Å². The van der Waals surface area contributed by atoms with Gasteiger partial charge in [0.1, 0.15) is 0 Å². The molecular weight excluding hydrogens is 262 g/mol. The number of hydrogen-bond acceptors (Lipinski definition) is 2. The van der Waals surface area contributed by atoms with E-state index in [0.717, 1.165) is 11.1 Å². The van der Waals surface area contributed by atoms with Crippen molar-refractivity contribution in [2.24, 2.45) is 0 Å². The molecule has 0 heterocycles. The Hall–Kier alpha value is -2.61. The van der Waals surface area contributed by atoms with Crippen LogP contribution in [-0.4, -0.2) is 12.6 Å². The summed E-state index contributed by atoms with van der Waals surface area (Å²) in [6, 6.07) is 19.6. The number of carbonyl (C=O) groups is 1. The molecule has 21 heavy (non-hydrogen) atoms. The highest BCUT2D eigenvalue weighted by Crippen LogP contribution is 2.12. The molecule has 0 aliphatic rings.